The summed E-state index contributed by atoms with van der Waals surface area (Å²) in [6, 6.07) is 6.59. The molecular weight excluding hydrogens is 221 g/mol. The molecule has 0 bridgehead atoms. The van der Waals surface area contributed by atoms with Crippen LogP contribution in [0.2, 0.25) is 0 Å². The average molecular weight is 233 g/mol. The number of hydrogen-bond acceptors (Lipinski definition) is 3. The highest BCUT2D eigenvalue weighted by molar-refractivity contribution is 5.28. The Balaban J connectivity index is 1.89. The highest BCUT2D eigenvalue weighted by Crippen LogP contribution is 2.33. The first-order valence-electron chi connectivity index (χ1n) is 5.45. The molecule has 0 radical (unpaired) electrons. The van der Waals surface area contributed by atoms with Gasteiger partial charge in [-0.15, -0.1) is 0 Å². The van der Waals surface area contributed by atoms with Gasteiger partial charge in [-0.1, -0.05) is 12.1 Å². The summed E-state index contributed by atoms with van der Waals surface area (Å²) >= 11 is 0. The van der Waals surface area contributed by atoms with E-state index in [1.54, 1.807) is 11.0 Å². The second kappa shape index (κ2) is 3.92. The molecule has 0 amide bonds. The lowest BCUT2D eigenvalue weighted by molar-refractivity contribution is -0.0701. The first-order chi connectivity index (χ1) is 8.28. The van der Waals surface area contributed by atoms with Gasteiger partial charge < -0.3 is 4.74 Å². The van der Waals surface area contributed by atoms with Gasteiger partial charge in [0.2, 0.25) is 0 Å². The van der Waals surface area contributed by atoms with Crippen molar-refractivity contribution in [3.63, 3.8) is 0 Å². The quantitative estimate of drug-likeness (QED) is 0.804. The van der Waals surface area contributed by atoms with E-state index < -0.39 is 0 Å². The van der Waals surface area contributed by atoms with Crippen molar-refractivity contribution < 1.29 is 9.13 Å². The Hall–Kier alpha value is -1.75. The lowest BCUT2D eigenvalue weighted by Crippen LogP contribution is -2.50. The van der Waals surface area contributed by atoms with Crippen LogP contribution in [-0.2, 0) is 16.7 Å². The third kappa shape index (κ3) is 1.82. The highest BCUT2D eigenvalue weighted by atomic mass is 19.1. The topological polar surface area (TPSA) is 39.9 Å². The van der Waals surface area contributed by atoms with E-state index >= 15 is 0 Å². The average Bonchev–Trinajstić information content (AvgIpc) is 2.77. The Morgan fingerprint density at radius 1 is 1.29 bits per heavy atom. The second-order valence-electron chi connectivity index (χ2n) is 4.37. The Morgan fingerprint density at radius 2 is 2.06 bits per heavy atom. The maximum Gasteiger partial charge on any atom is 0.137 e. The minimum absolute atomic E-state index is 0.0958. The fourth-order valence-electron chi connectivity index (χ4n) is 2.13. The fourth-order valence-corrected chi connectivity index (χ4v) is 2.13. The molecule has 0 spiro atoms. The molecule has 1 aliphatic rings. The molecule has 2 heterocycles. The van der Waals surface area contributed by atoms with Crippen molar-refractivity contribution in [3.8, 4) is 0 Å². The van der Waals surface area contributed by atoms with E-state index in [1.807, 2.05) is 12.1 Å². The van der Waals surface area contributed by atoms with E-state index in [4.69, 9.17) is 4.74 Å². The number of hydrogen-bond donors (Lipinski definition) is 0. The molecule has 5 heteroatoms. The normalized spacial score (nSPS) is 17.7. The van der Waals surface area contributed by atoms with Crippen LogP contribution in [0.5, 0.6) is 0 Å². The molecule has 2 aromatic rings. The zero-order chi connectivity index (χ0) is 11.7. The first kappa shape index (κ1) is 10.4. The molecule has 1 aromatic heterocycles. The molecule has 0 N–H and O–H groups in total. The monoisotopic (exact) mass is 233 g/mol. The summed E-state index contributed by atoms with van der Waals surface area (Å²) in [4.78, 5) is 3.92. The van der Waals surface area contributed by atoms with Gasteiger partial charge in [0.1, 0.15) is 18.5 Å². The van der Waals surface area contributed by atoms with E-state index in [0.29, 0.717) is 19.8 Å². The molecule has 0 atom stereocenters. The Morgan fingerprint density at radius 3 is 2.59 bits per heavy atom. The number of rotatable bonds is 3. The van der Waals surface area contributed by atoms with Gasteiger partial charge in [-0.3, -0.25) is 4.68 Å². The molecule has 1 aliphatic heterocycles. The van der Waals surface area contributed by atoms with Crippen molar-refractivity contribution in [2.24, 2.45) is 0 Å². The molecule has 17 heavy (non-hydrogen) atoms. The minimum atomic E-state index is -0.218. The van der Waals surface area contributed by atoms with E-state index in [0.717, 1.165) is 5.56 Å². The molecular formula is C12H12FN3O. The van der Waals surface area contributed by atoms with Gasteiger partial charge in [-0.2, -0.15) is 5.10 Å². The van der Waals surface area contributed by atoms with Crippen LogP contribution in [0, 0.1) is 5.82 Å². The molecule has 1 saturated heterocycles. The van der Waals surface area contributed by atoms with Crippen LogP contribution in [0.25, 0.3) is 0 Å². The van der Waals surface area contributed by atoms with Gasteiger partial charge in [0.15, 0.2) is 0 Å². The summed E-state index contributed by atoms with van der Waals surface area (Å²) in [7, 11) is 0. The van der Waals surface area contributed by atoms with Gasteiger partial charge in [0.25, 0.3) is 0 Å². The summed E-state index contributed by atoms with van der Waals surface area (Å²) in [6.45, 7) is 1.98. The molecule has 4 nitrogen and oxygen atoms in total. The van der Waals surface area contributed by atoms with Crippen LogP contribution in [-0.4, -0.2) is 28.0 Å². The smallest absolute Gasteiger partial charge is 0.137 e. The predicted molar refractivity (Wildman–Crippen MR) is 58.9 cm³/mol. The van der Waals surface area contributed by atoms with E-state index in [-0.39, 0.29) is 11.2 Å². The SMILES string of the molecule is Fc1ccc(C2(Cn3cncn3)COC2)cc1. The first-order valence-corrected chi connectivity index (χ1v) is 5.45. The maximum atomic E-state index is 12.9. The number of halogens is 1. The van der Waals surface area contributed by atoms with Crippen molar-refractivity contribution in [1.82, 2.24) is 14.8 Å². The van der Waals surface area contributed by atoms with Crippen LogP contribution >= 0.6 is 0 Å². The van der Waals surface area contributed by atoms with Gasteiger partial charge in [0.05, 0.1) is 25.2 Å². The largest absolute Gasteiger partial charge is 0.379 e. The van der Waals surface area contributed by atoms with Crippen molar-refractivity contribution in [2.45, 2.75) is 12.0 Å². The van der Waals surface area contributed by atoms with Gasteiger partial charge in [0, 0.05) is 0 Å². The predicted octanol–water partition coefficient (Wildman–Crippen LogP) is 1.39. The Labute approximate surface area is 98.0 Å². The molecule has 88 valence electrons. The number of aromatic nitrogens is 3. The van der Waals surface area contributed by atoms with Crippen LogP contribution in [0.4, 0.5) is 4.39 Å². The number of benzene rings is 1. The zero-order valence-electron chi connectivity index (χ0n) is 9.21. The Kier molecular flexibility index (Phi) is 2.40. The summed E-state index contributed by atoms with van der Waals surface area (Å²) in [5.41, 5.74) is 0.988. The van der Waals surface area contributed by atoms with E-state index in [1.165, 1.54) is 18.5 Å². The van der Waals surface area contributed by atoms with Crippen molar-refractivity contribution >= 4 is 0 Å². The summed E-state index contributed by atoms with van der Waals surface area (Å²) in [6.07, 6.45) is 3.20. The third-order valence-electron chi connectivity index (χ3n) is 3.14. The van der Waals surface area contributed by atoms with Crippen LogP contribution in [0.3, 0.4) is 0 Å². The standard InChI is InChI=1S/C12H12FN3O/c13-11-3-1-10(2-4-11)12(6-17-7-12)5-16-9-14-8-15-16/h1-4,8-9H,5-7H2. The third-order valence-corrected chi connectivity index (χ3v) is 3.14. The molecule has 0 saturated carbocycles. The second-order valence-corrected chi connectivity index (χ2v) is 4.37. The summed E-state index contributed by atoms with van der Waals surface area (Å²) in [5.74, 6) is -0.218. The summed E-state index contributed by atoms with van der Waals surface area (Å²) in [5, 5.41) is 4.10. The number of ether oxygens (including phenoxy) is 1. The summed E-state index contributed by atoms with van der Waals surface area (Å²) < 4.78 is 20.0. The van der Waals surface area contributed by atoms with Crippen molar-refractivity contribution in [2.75, 3.05) is 13.2 Å². The zero-order valence-corrected chi connectivity index (χ0v) is 9.21. The maximum absolute atomic E-state index is 12.9. The van der Waals surface area contributed by atoms with E-state index in [2.05, 4.69) is 10.1 Å². The molecule has 0 aliphatic carbocycles. The van der Waals surface area contributed by atoms with Crippen LogP contribution in [0.15, 0.2) is 36.9 Å². The number of nitrogens with zero attached hydrogens (tertiary/aromatic N) is 3. The molecule has 1 fully saturated rings. The molecule has 0 unspecified atom stereocenters. The van der Waals surface area contributed by atoms with Crippen LogP contribution in [0.1, 0.15) is 5.56 Å². The van der Waals surface area contributed by atoms with Gasteiger partial charge >= 0.3 is 0 Å². The molecule has 3 rings (SSSR count). The lowest BCUT2D eigenvalue weighted by Gasteiger charge is -2.41. The fraction of sp³-hybridized carbons (Fsp3) is 0.333. The minimum Gasteiger partial charge on any atom is -0.379 e. The van der Waals surface area contributed by atoms with E-state index in [9.17, 15) is 4.39 Å². The Bertz CT molecular complexity index is 491. The molecule has 1 aromatic carbocycles. The van der Waals surface area contributed by atoms with Crippen molar-refractivity contribution in [1.29, 1.82) is 0 Å². The van der Waals surface area contributed by atoms with Gasteiger partial charge in [-0.25, -0.2) is 9.37 Å². The van der Waals surface area contributed by atoms with Gasteiger partial charge in [-0.05, 0) is 17.7 Å². The van der Waals surface area contributed by atoms with Crippen molar-refractivity contribution in [3.05, 3.63) is 48.3 Å². The highest BCUT2D eigenvalue weighted by Gasteiger charge is 2.41. The van der Waals surface area contributed by atoms with Crippen LogP contribution < -0.4 is 0 Å². The lowest BCUT2D eigenvalue weighted by atomic mass is 9.78.